The number of fused-ring (bicyclic) bond motifs is 1. The molecule has 1 N–H and O–H groups in total. The Morgan fingerprint density at radius 2 is 2.06 bits per heavy atom. The quantitative estimate of drug-likeness (QED) is 0.663. The van der Waals surface area contributed by atoms with Crippen LogP contribution in [0.2, 0.25) is 0 Å². The van der Waals surface area contributed by atoms with Crippen LogP contribution in [0.4, 0.5) is 0 Å². The number of benzene rings is 1. The van der Waals surface area contributed by atoms with Gasteiger partial charge in [0.15, 0.2) is 0 Å². The second-order valence-electron chi connectivity index (χ2n) is 3.91. The zero-order chi connectivity index (χ0) is 12.5. The summed E-state index contributed by atoms with van der Waals surface area (Å²) in [5.74, 6) is 0.0692. The molecule has 2 aromatic heterocycles. The summed E-state index contributed by atoms with van der Waals surface area (Å²) in [5, 5.41) is 10.1. The van der Waals surface area contributed by atoms with Gasteiger partial charge in [-0.2, -0.15) is 0 Å². The van der Waals surface area contributed by atoms with E-state index in [1.165, 1.54) is 6.07 Å². The molecule has 0 unspecified atom stereocenters. The highest BCUT2D eigenvalue weighted by Gasteiger charge is 2.07. The molecule has 88 valence electrons. The van der Waals surface area contributed by atoms with Crippen molar-refractivity contribution >= 4 is 11.0 Å². The molecule has 18 heavy (non-hydrogen) atoms. The molecular formula is C14H9NO3. The van der Waals surface area contributed by atoms with E-state index in [0.717, 1.165) is 5.39 Å². The largest absolute Gasteiger partial charge is 0.508 e. The van der Waals surface area contributed by atoms with Crippen molar-refractivity contribution in [3.8, 4) is 16.9 Å². The van der Waals surface area contributed by atoms with Crippen LogP contribution in [0.5, 0.6) is 5.75 Å². The molecule has 1 aromatic carbocycles. The van der Waals surface area contributed by atoms with Crippen LogP contribution in [0.3, 0.4) is 0 Å². The number of hydrogen-bond donors (Lipinski definition) is 1. The number of rotatable bonds is 1. The molecule has 0 spiro atoms. The molecule has 0 saturated carbocycles. The van der Waals surface area contributed by atoms with Gasteiger partial charge in [-0.05, 0) is 24.3 Å². The second-order valence-corrected chi connectivity index (χ2v) is 3.91. The molecule has 0 bridgehead atoms. The van der Waals surface area contributed by atoms with Gasteiger partial charge in [-0.3, -0.25) is 4.98 Å². The van der Waals surface area contributed by atoms with E-state index in [-0.39, 0.29) is 5.75 Å². The minimum absolute atomic E-state index is 0.0692. The fraction of sp³-hybridized carbons (Fsp3) is 0. The molecule has 4 heteroatoms. The van der Waals surface area contributed by atoms with Crippen molar-refractivity contribution in [2.45, 2.75) is 0 Å². The Labute approximate surface area is 102 Å². The summed E-state index contributed by atoms with van der Waals surface area (Å²) in [7, 11) is 0. The number of phenolic OH excluding ortho intramolecular Hbond substituents is 1. The summed E-state index contributed by atoms with van der Waals surface area (Å²) < 4.78 is 5.18. The average Bonchev–Trinajstić information content (AvgIpc) is 2.39. The highest BCUT2D eigenvalue weighted by Crippen LogP contribution is 2.23. The highest BCUT2D eigenvalue weighted by molar-refractivity contribution is 5.82. The van der Waals surface area contributed by atoms with Gasteiger partial charge in [-0.25, -0.2) is 4.79 Å². The predicted molar refractivity (Wildman–Crippen MR) is 67.4 cm³/mol. The second kappa shape index (κ2) is 4.00. The van der Waals surface area contributed by atoms with E-state index in [1.807, 2.05) is 0 Å². The molecular weight excluding hydrogens is 230 g/mol. The van der Waals surface area contributed by atoms with Gasteiger partial charge in [-0.1, -0.05) is 6.07 Å². The molecule has 3 aromatic rings. The zero-order valence-corrected chi connectivity index (χ0v) is 9.33. The van der Waals surface area contributed by atoms with E-state index in [1.54, 1.807) is 42.7 Å². The Morgan fingerprint density at radius 3 is 2.83 bits per heavy atom. The third kappa shape index (κ3) is 1.73. The van der Waals surface area contributed by atoms with Gasteiger partial charge in [0.05, 0.1) is 5.56 Å². The fourth-order valence-corrected chi connectivity index (χ4v) is 1.82. The fourth-order valence-electron chi connectivity index (χ4n) is 1.82. The molecule has 0 saturated heterocycles. The summed E-state index contributed by atoms with van der Waals surface area (Å²) in [6.45, 7) is 0. The molecule has 4 nitrogen and oxygen atoms in total. The van der Waals surface area contributed by atoms with E-state index in [4.69, 9.17) is 4.42 Å². The van der Waals surface area contributed by atoms with Crippen molar-refractivity contribution in [1.29, 1.82) is 0 Å². The van der Waals surface area contributed by atoms with E-state index < -0.39 is 5.63 Å². The van der Waals surface area contributed by atoms with Crippen LogP contribution in [0.15, 0.2) is 58.0 Å². The Morgan fingerprint density at radius 1 is 1.17 bits per heavy atom. The first-order valence-electron chi connectivity index (χ1n) is 5.41. The van der Waals surface area contributed by atoms with Crippen molar-refractivity contribution in [3.05, 3.63) is 59.2 Å². The van der Waals surface area contributed by atoms with E-state index in [0.29, 0.717) is 16.7 Å². The number of hydrogen-bond acceptors (Lipinski definition) is 4. The lowest BCUT2D eigenvalue weighted by atomic mass is 10.1. The van der Waals surface area contributed by atoms with Gasteiger partial charge >= 0.3 is 5.63 Å². The Bertz CT molecular complexity index is 763. The minimum atomic E-state index is -0.443. The number of aromatic hydroxyl groups is 1. The predicted octanol–water partition coefficient (Wildman–Crippen LogP) is 2.56. The van der Waals surface area contributed by atoms with Crippen LogP contribution in [0.1, 0.15) is 0 Å². The molecule has 0 radical (unpaired) electrons. The number of phenols is 1. The van der Waals surface area contributed by atoms with Gasteiger partial charge in [-0.15, -0.1) is 0 Å². The van der Waals surface area contributed by atoms with Crippen LogP contribution in [-0.4, -0.2) is 10.1 Å². The first kappa shape index (κ1) is 10.5. The molecule has 0 aliphatic heterocycles. The topological polar surface area (TPSA) is 63.3 Å². The first-order valence-corrected chi connectivity index (χ1v) is 5.41. The summed E-state index contributed by atoms with van der Waals surface area (Å²) in [6, 6.07) is 9.96. The smallest absolute Gasteiger partial charge is 0.344 e. The van der Waals surface area contributed by atoms with E-state index in [9.17, 15) is 9.90 Å². The maximum Gasteiger partial charge on any atom is 0.344 e. The van der Waals surface area contributed by atoms with Crippen molar-refractivity contribution < 1.29 is 9.52 Å². The van der Waals surface area contributed by atoms with Crippen LogP contribution in [-0.2, 0) is 0 Å². The molecule has 0 aliphatic carbocycles. The Kier molecular flexibility index (Phi) is 2.34. The number of nitrogens with zero attached hydrogens (tertiary/aromatic N) is 1. The lowest BCUT2D eigenvalue weighted by Crippen LogP contribution is -2.02. The first-order chi connectivity index (χ1) is 8.74. The summed E-state index contributed by atoms with van der Waals surface area (Å²) in [4.78, 5) is 15.8. The Hall–Kier alpha value is -2.62. The van der Waals surface area contributed by atoms with Gasteiger partial charge < -0.3 is 9.52 Å². The van der Waals surface area contributed by atoms with Crippen molar-refractivity contribution in [3.63, 3.8) is 0 Å². The van der Waals surface area contributed by atoms with Gasteiger partial charge in [0, 0.05) is 29.4 Å². The maximum absolute atomic E-state index is 11.9. The van der Waals surface area contributed by atoms with E-state index in [2.05, 4.69) is 4.98 Å². The van der Waals surface area contributed by atoms with Gasteiger partial charge in [0.2, 0.25) is 0 Å². The summed E-state index contributed by atoms with van der Waals surface area (Å²) in [6.07, 6.45) is 3.25. The number of aromatic nitrogens is 1. The number of pyridine rings is 1. The van der Waals surface area contributed by atoms with Crippen molar-refractivity contribution in [2.24, 2.45) is 0 Å². The minimum Gasteiger partial charge on any atom is -0.508 e. The Balaban J connectivity index is 2.29. The van der Waals surface area contributed by atoms with Crippen LogP contribution in [0.25, 0.3) is 22.1 Å². The molecule has 0 amide bonds. The van der Waals surface area contributed by atoms with E-state index >= 15 is 0 Å². The van der Waals surface area contributed by atoms with Gasteiger partial charge in [0.1, 0.15) is 11.3 Å². The third-order valence-electron chi connectivity index (χ3n) is 2.69. The lowest BCUT2D eigenvalue weighted by molar-refractivity contribution is 0.473. The highest BCUT2D eigenvalue weighted by atomic mass is 16.4. The van der Waals surface area contributed by atoms with Crippen LogP contribution < -0.4 is 5.63 Å². The van der Waals surface area contributed by atoms with Crippen LogP contribution >= 0.6 is 0 Å². The standard InChI is InChI=1S/C14H9NO3/c16-11-4-3-9-6-12(10-2-1-5-15-8-10)14(17)18-13(9)7-11/h1-8,16H. The molecule has 0 fully saturated rings. The monoisotopic (exact) mass is 239 g/mol. The SMILES string of the molecule is O=c1oc2cc(O)ccc2cc1-c1cccnc1. The van der Waals surface area contributed by atoms with Crippen molar-refractivity contribution in [1.82, 2.24) is 4.98 Å². The van der Waals surface area contributed by atoms with Gasteiger partial charge in [0.25, 0.3) is 0 Å². The molecule has 3 rings (SSSR count). The normalized spacial score (nSPS) is 10.7. The molecule has 2 heterocycles. The van der Waals surface area contributed by atoms with Crippen molar-refractivity contribution in [2.75, 3.05) is 0 Å². The average molecular weight is 239 g/mol. The van der Waals surface area contributed by atoms with Crippen LogP contribution in [0, 0.1) is 0 Å². The summed E-state index contributed by atoms with van der Waals surface area (Å²) >= 11 is 0. The maximum atomic E-state index is 11.9. The molecule has 0 atom stereocenters. The third-order valence-corrected chi connectivity index (χ3v) is 2.69. The lowest BCUT2D eigenvalue weighted by Gasteiger charge is -2.02. The molecule has 0 aliphatic rings. The summed E-state index contributed by atoms with van der Waals surface area (Å²) in [5.41, 5.74) is 1.09. The zero-order valence-electron chi connectivity index (χ0n) is 9.33.